The third-order valence-electron chi connectivity index (χ3n) is 6.13. The van der Waals surface area contributed by atoms with Crippen LogP contribution < -0.4 is 10.5 Å². The molecule has 1 saturated heterocycles. The molecule has 1 aliphatic heterocycles. The number of piperidine rings is 1. The second kappa shape index (κ2) is 8.51. The first-order chi connectivity index (χ1) is 12.7. The third kappa shape index (κ3) is 3.98. The van der Waals surface area contributed by atoms with Crippen molar-refractivity contribution < 1.29 is 23.0 Å². The van der Waals surface area contributed by atoms with Gasteiger partial charge in [-0.2, -0.15) is 0 Å². The molecule has 1 heterocycles. The van der Waals surface area contributed by atoms with Gasteiger partial charge in [-0.3, -0.25) is 4.79 Å². The van der Waals surface area contributed by atoms with Crippen molar-refractivity contribution in [3.05, 3.63) is 29.8 Å². The summed E-state index contributed by atoms with van der Waals surface area (Å²) in [6.45, 7) is 7.48. The van der Waals surface area contributed by atoms with Gasteiger partial charge in [0.25, 0.3) is 0 Å². The van der Waals surface area contributed by atoms with Crippen molar-refractivity contribution in [3.8, 4) is 5.75 Å². The zero-order valence-electron chi connectivity index (χ0n) is 16.5. The van der Waals surface area contributed by atoms with Crippen molar-refractivity contribution in [3.63, 3.8) is 0 Å². The van der Waals surface area contributed by atoms with Crippen molar-refractivity contribution >= 4 is 18.3 Å². The number of amides is 1. The normalized spacial score (nSPS) is 26.9. The monoisotopic (exact) mass is 418 g/mol. The first-order valence-electron chi connectivity index (χ1n) is 9.50. The molecule has 2 N–H and O–H groups in total. The van der Waals surface area contributed by atoms with Crippen LogP contribution in [0.15, 0.2) is 18.2 Å². The fourth-order valence-corrected chi connectivity index (χ4v) is 4.01. The molecule has 2 aliphatic rings. The Morgan fingerprint density at radius 3 is 2.46 bits per heavy atom. The van der Waals surface area contributed by atoms with Gasteiger partial charge in [0.15, 0.2) is 11.6 Å². The van der Waals surface area contributed by atoms with E-state index in [9.17, 15) is 13.6 Å². The smallest absolute Gasteiger partial charge is 0.243 e. The minimum Gasteiger partial charge on any atom is -0.487 e. The van der Waals surface area contributed by atoms with E-state index in [1.165, 1.54) is 12.1 Å². The SMILES string of the molecule is CCOC1CC(N)(C(=O)N2CCC(Oc3ccc(F)cc3F)CC2)C1(C)C.Cl. The summed E-state index contributed by atoms with van der Waals surface area (Å²) < 4.78 is 38.1. The van der Waals surface area contributed by atoms with Crippen LogP contribution in [0.4, 0.5) is 8.78 Å². The van der Waals surface area contributed by atoms with Crippen molar-refractivity contribution in [1.82, 2.24) is 4.90 Å². The van der Waals surface area contributed by atoms with E-state index in [0.29, 0.717) is 39.0 Å². The molecule has 158 valence electrons. The highest BCUT2D eigenvalue weighted by molar-refractivity contribution is 5.89. The van der Waals surface area contributed by atoms with Gasteiger partial charge in [-0.25, -0.2) is 8.78 Å². The van der Waals surface area contributed by atoms with Crippen molar-refractivity contribution in [2.45, 2.75) is 57.8 Å². The molecule has 0 radical (unpaired) electrons. The summed E-state index contributed by atoms with van der Waals surface area (Å²) in [5.41, 5.74) is 5.13. The minimum absolute atomic E-state index is 0. The maximum absolute atomic E-state index is 13.7. The highest BCUT2D eigenvalue weighted by atomic mass is 35.5. The summed E-state index contributed by atoms with van der Waals surface area (Å²) in [6, 6.07) is 3.27. The zero-order valence-corrected chi connectivity index (χ0v) is 17.4. The van der Waals surface area contributed by atoms with Crippen LogP contribution in [-0.2, 0) is 9.53 Å². The van der Waals surface area contributed by atoms with Crippen LogP contribution in [0.25, 0.3) is 0 Å². The summed E-state index contributed by atoms with van der Waals surface area (Å²) >= 11 is 0. The average Bonchev–Trinajstić information content (AvgIpc) is 2.63. The lowest BCUT2D eigenvalue weighted by molar-refractivity contribution is -0.180. The summed E-state index contributed by atoms with van der Waals surface area (Å²) in [7, 11) is 0. The highest BCUT2D eigenvalue weighted by Crippen LogP contribution is 2.50. The molecule has 3 rings (SSSR count). The number of carbonyl (C=O) groups excluding carboxylic acids is 1. The lowest BCUT2D eigenvalue weighted by atomic mass is 9.54. The summed E-state index contributed by atoms with van der Waals surface area (Å²) in [4.78, 5) is 14.8. The molecule has 0 aromatic heterocycles. The largest absolute Gasteiger partial charge is 0.487 e. The maximum Gasteiger partial charge on any atom is 0.243 e. The van der Waals surface area contributed by atoms with E-state index in [4.69, 9.17) is 15.2 Å². The Kier molecular flexibility index (Phi) is 6.94. The Balaban J connectivity index is 0.00000280. The van der Waals surface area contributed by atoms with E-state index >= 15 is 0 Å². The van der Waals surface area contributed by atoms with Gasteiger partial charge >= 0.3 is 0 Å². The first-order valence-corrected chi connectivity index (χ1v) is 9.50. The Bertz CT molecular complexity index is 711. The molecule has 0 bridgehead atoms. The number of hydrogen-bond donors (Lipinski definition) is 1. The lowest BCUT2D eigenvalue weighted by Gasteiger charge is -2.59. The van der Waals surface area contributed by atoms with Crippen LogP contribution in [0.1, 0.15) is 40.0 Å². The van der Waals surface area contributed by atoms with Crippen LogP contribution in [0, 0.1) is 17.0 Å². The second-order valence-corrected chi connectivity index (χ2v) is 8.03. The molecular weight excluding hydrogens is 390 g/mol. The Morgan fingerprint density at radius 1 is 1.29 bits per heavy atom. The topological polar surface area (TPSA) is 64.8 Å². The number of likely N-dealkylation sites (tertiary alicyclic amines) is 1. The number of nitrogens with zero attached hydrogens (tertiary/aromatic N) is 1. The molecule has 1 saturated carbocycles. The standard InChI is InChI=1S/C20H28F2N2O3.ClH/c1-4-26-17-12-20(23,19(17,2)3)18(25)24-9-7-14(8-10-24)27-16-6-5-13(21)11-15(16)22;/h5-6,11,14,17H,4,7-10,12,23H2,1-3H3;1H. The number of carbonyl (C=O) groups is 1. The molecule has 2 unspecified atom stereocenters. The molecule has 1 aromatic rings. The van der Waals surface area contributed by atoms with Crippen LogP contribution >= 0.6 is 12.4 Å². The lowest BCUT2D eigenvalue weighted by Crippen LogP contribution is -2.76. The van der Waals surface area contributed by atoms with E-state index < -0.39 is 22.6 Å². The van der Waals surface area contributed by atoms with E-state index in [0.717, 1.165) is 6.07 Å². The number of ether oxygens (including phenoxy) is 2. The number of rotatable bonds is 5. The number of hydrogen-bond acceptors (Lipinski definition) is 4. The number of benzene rings is 1. The van der Waals surface area contributed by atoms with Gasteiger partial charge in [-0.15, -0.1) is 12.4 Å². The molecule has 1 amide bonds. The van der Waals surface area contributed by atoms with Gasteiger partial charge in [0.2, 0.25) is 5.91 Å². The summed E-state index contributed by atoms with van der Waals surface area (Å²) in [5.74, 6) is -1.37. The quantitative estimate of drug-likeness (QED) is 0.796. The predicted molar refractivity (Wildman–Crippen MR) is 105 cm³/mol. The minimum atomic E-state index is -0.927. The summed E-state index contributed by atoms with van der Waals surface area (Å²) in [5, 5.41) is 0. The number of nitrogens with two attached hydrogens (primary N) is 1. The molecule has 8 heteroatoms. The fourth-order valence-electron chi connectivity index (χ4n) is 4.01. The predicted octanol–water partition coefficient (Wildman–Crippen LogP) is 3.29. The molecule has 1 aromatic carbocycles. The van der Waals surface area contributed by atoms with Gasteiger partial charge < -0.3 is 20.1 Å². The van der Waals surface area contributed by atoms with E-state index in [-0.39, 0.29) is 36.3 Å². The van der Waals surface area contributed by atoms with Gasteiger partial charge in [0.1, 0.15) is 17.5 Å². The highest BCUT2D eigenvalue weighted by Gasteiger charge is 2.63. The Labute approximate surface area is 171 Å². The molecular formula is C20H29ClF2N2O3. The molecule has 2 atom stereocenters. The molecule has 1 aliphatic carbocycles. The van der Waals surface area contributed by atoms with Crippen molar-refractivity contribution in [1.29, 1.82) is 0 Å². The maximum atomic E-state index is 13.7. The van der Waals surface area contributed by atoms with Crippen molar-refractivity contribution in [2.24, 2.45) is 11.1 Å². The average molecular weight is 419 g/mol. The Hall–Kier alpha value is -1.44. The van der Waals surface area contributed by atoms with Gasteiger partial charge in [0.05, 0.1) is 6.10 Å². The Morgan fingerprint density at radius 2 is 1.93 bits per heavy atom. The van der Waals surface area contributed by atoms with Crippen LogP contribution in [-0.4, -0.2) is 48.3 Å². The first kappa shape index (κ1) is 22.8. The molecule has 2 fully saturated rings. The second-order valence-electron chi connectivity index (χ2n) is 8.03. The van der Waals surface area contributed by atoms with Gasteiger partial charge in [-0.05, 0) is 19.1 Å². The van der Waals surface area contributed by atoms with Crippen molar-refractivity contribution in [2.75, 3.05) is 19.7 Å². The van der Waals surface area contributed by atoms with E-state index in [1.54, 1.807) is 4.90 Å². The van der Waals surface area contributed by atoms with Gasteiger partial charge in [0, 0.05) is 50.4 Å². The molecule has 0 spiro atoms. The zero-order chi connectivity index (χ0) is 19.8. The summed E-state index contributed by atoms with van der Waals surface area (Å²) in [6.07, 6.45) is 1.44. The van der Waals surface area contributed by atoms with E-state index in [1.807, 2.05) is 20.8 Å². The van der Waals surface area contributed by atoms with Crippen LogP contribution in [0.2, 0.25) is 0 Å². The third-order valence-corrected chi connectivity index (χ3v) is 6.13. The van der Waals surface area contributed by atoms with Gasteiger partial charge in [-0.1, -0.05) is 13.8 Å². The number of halogens is 3. The molecule has 28 heavy (non-hydrogen) atoms. The van der Waals surface area contributed by atoms with E-state index in [2.05, 4.69) is 0 Å². The molecule has 5 nitrogen and oxygen atoms in total. The van der Waals surface area contributed by atoms with Crippen LogP contribution in [0.5, 0.6) is 5.75 Å². The fraction of sp³-hybridized carbons (Fsp3) is 0.650. The van der Waals surface area contributed by atoms with Crippen LogP contribution in [0.3, 0.4) is 0 Å².